The van der Waals surface area contributed by atoms with E-state index < -0.39 is 11.7 Å². The summed E-state index contributed by atoms with van der Waals surface area (Å²) < 4.78 is 45.0. The highest BCUT2D eigenvalue weighted by Crippen LogP contribution is 2.42. The Labute approximate surface area is 136 Å². The van der Waals surface area contributed by atoms with Gasteiger partial charge in [0.1, 0.15) is 0 Å². The Balaban J connectivity index is 1.71. The second-order valence-electron chi connectivity index (χ2n) is 6.61. The molecule has 4 heterocycles. The smallest absolute Gasteiger partial charge is 0.338 e. The van der Waals surface area contributed by atoms with Crippen molar-refractivity contribution in [3.8, 4) is 11.4 Å². The van der Waals surface area contributed by atoms with Gasteiger partial charge < -0.3 is 9.42 Å². The Kier molecular flexibility index (Phi) is 3.59. The molecule has 2 aliphatic rings. The van der Waals surface area contributed by atoms with Crippen LogP contribution in [-0.2, 0) is 11.6 Å². The van der Waals surface area contributed by atoms with Crippen molar-refractivity contribution < 1.29 is 17.7 Å². The fraction of sp³-hybridized carbons (Fsp3) is 0.562. The molecule has 2 aromatic heterocycles. The SMILES string of the molecule is FC(F)(F)c1ccncc1-c1noc(C23CCCN(CCC2)C3)n1. The van der Waals surface area contributed by atoms with Gasteiger partial charge in [0.15, 0.2) is 0 Å². The monoisotopic (exact) mass is 338 g/mol. The van der Waals surface area contributed by atoms with E-state index >= 15 is 0 Å². The summed E-state index contributed by atoms with van der Waals surface area (Å²) in [5, 5.41) is 3.83. The van der Waals surface area contributed by atoms with Crippen LogP contribution >= 0.6 is 0 Å². The summed E-state index contributed by atoms with van der Waals surface area (Å²) in [5.41, 5.74) is -1.15. The summed E-state index contributed by atoms with van der Waals surface area (Å²) in [6.07, 6.45) is 1.73. The van der Waals surface area contributed by atoms with Gasteiger partial charge in [-0.2, -0.15) is 18.2 Å². The molecule has 0 spiro atoms. The van der Waals surface area contributed by atoms with Crippen LogP contribution in [0.3, 0.4) is 0 Å². The predicted molar refractivity (Wildman–Crippen MR) is 79.1 cm³/mol. The number of pyridine rings is 1. The first kappa shape index (κ1) is 15.6. The maximum Gasteiger partial charge on any atom is 0.417 e. The summed E-state index contributed by atoms with van der Waals surface area (Å²) in [7, 11) is 0. The minimum Gasteiger partial charge on any atom is -0.338 e. The van der Waals surface area contributed by atoms with E-state index in [-0.39, 0.29) is 16.8 Å². The van der Waals surface area contributed by atoms with E-state index in [1.165, 1.54) is 0 Å². The largest absolute Gasteiger partial charge is 0.417 e. The molecule has 0 aliphatic carbocycles. The first-order chi connectivity index (χ1) is 11.5. The average Bonchev–Trinajstić information content (AvgIpc) is 3.05. The van der Waals surface area contributed by atoms with Crippen molar-refractivity contribution in [1.29, 1.82) is 0 Å². The van der Waals surface area contributed by atoms with E-state index in [0.717, 1.165) is 63.8 Å². The van der Waals surface area contributed by atoms with Crippen molar-refractivity contribution in [2.24, 2.45) is 0 Å². The molecule has 128 valence electrons. The zero-order chi connectivity index (χ0) is 16.8. The van der Waals surface area contributed by atoms with Gasteiger partial charge in [-0.1, -0.05) is 5.16 Å². The lowest BCUT2D eigenvalue weighted by molar-refractivity contribution is -0.137. The van der Waals surface area contributed by atoms with Crippen molar-refractivity contribution >= 4 is 0 Å². The topological polar surface area (TPSA) is 55.1 Å². The van der Waals surface area contributed by atoms with Crippen molar-refractivity contribution in [3.05, 3.63) is 29.9 Å². The van der Waals surface area contributed by atoms with E-state index in [1.807, 2.05) is 0 Å². The van der Waals surface area contributed by atoms with Gasteiger partial charge in [0.2, 0.25) is 11.7 Å². The molecule has 24 heavy (non-hydrogen) atoms. The lowest BCUT2D eigenvalue weighted by Crippen LogP contribution is -2.50. The number of aromatic nitrogens is 3. The summed E-state index contributed by atoms with van der Waals surface area (Å²) >= 11 is 0. The van der Waals surface area contributed by atoms with Gasteiger partial charge in [-0.05, 0) is 44.8 Å². The molecule has 2 aromatic rings. The van der Waals surface area contributed by atoms with Gasteiger partial charge in [-0.25, -0.2) is 0 Å². The average molecular weight is 338 g/mol. The van der Waals surface area contributed by atoms with Gasteiger partial charge in [0, 0.05) is 18.9 Å². The minimum absolute atomic E-state index is 0.0394. The van der Waals surface area contributed by atoms with E-state index in [1.54, 1.807) is 0 Å². The molecule has 0 N–H and O–H groups in total. The normalized spacial score (nSPS) is 27.2. The number of halogens is 3. The molecule has 2 saturated heterocycles. The third-order valence-corrected chi connectivity index (χ3v) is 5.03. The van der Waals surface area contributed by atoms with Gasteiger partial charge in [-0.15, -0.1) is 0 Å². The highest BCUT2D eigenvalue weighted by Gasteiger charge is 2.44. The van der Waals surface area contributed by atoms with E-state index in [2.05, 4.69) is 20.0 Å². The summed E-state index contributed by atoms with van der Waals surface area (Å²) in [5.74, 6) is 0.418. The summed E-state index contributed by atoms with van der Waals surface area (Å²) in [6.45, 7) is 2.96. The van der Waals surface area contributed by atoms with Crippen LogP contribution in [0.15, 0.2) is 23.0 Å². The third-order valence-electron chi connectivity index (χ3n) is 5.03. The zero-order valence-corrected chi connectivity index (χ0v) is 13.0. The zero-order valence-electron chi connectivity index (χ0n) is 13.0. The molecule has 5 nitrogen and oxygen atoms in total. The standard InChI is InChI=1S/C16H17F3N4O/c17-16(18,19)12-3-6-20-9-11(12)13-21-14(24-22-13)15-4-1-7-23(10-15)8-2-5-15/h3,6,9H,1-2,4-5,7-8,10H2. The Hall–Kier alpha value is -1.96. The van der Waals surface area contributed by atoms with Crippen molar-refractivity contribution in [2.45, 2.75) is 37.3 Å². The molecule has 4 rings (SSSR count). The Morgan fingerprint density at radius 1 is 1.17 bits per heavy atom. The number of rotatable bonds is 2. The molecule has 0 radical (unpaired) electrons. The van der Waals surface area contributed by atoms with E-state index in [4.69, 9.17) is 4.52 Å². The fourth-order valence-corrected chi connectivity index (χ4v) is 3.91. The second-order valence-corrected chi connectivity index (χ2v) is 6.61. The molecule has 0 saturated carbocycles. The lowest BCUT2D eigenvalue weighted by Gasteiger charge is -2.44. The number of fused-ring (bicyclic) bond motifs is 2. The molecule has 0 unspecified atom stereocenters. The van der Waals surface area contributed by atoms with Crippen LogP contribution in [0.5, 0.6) is 0 Å². The minimum atomic E-state index is -4.48. The number of hydrogen-bond acceptors (Lipinski definition) is 5. The Bertz CT molecular complexity index is 733. The van der Waals surface area contributed by atoms with Crippen molar-refractivity contribution in [2.75, 3.05) is 19.6 Å². The predicted octanol–water partition coefficient (Wildman–Crippen LogP) is 3.28. The molecule has 0 atom stereocenters. The molecule has 0 aromatic carbocycles. The molecule has 2 aliphatic heterocycles. The first-order valence-electron chi connectivity index (χ1n) is 8.06. The molecular weight excluding hydrogens is 321 g/mol. The van der Waals surface area contributed by atoms with Gasteiger partial charge in [0.05, 0.1) is 16.5 Å². The lowest BCUT2D eigenvalue weighted by atomic mass is 9.73. The van der Waals surface area contributed by atoms with Crippen LogP contribution < -0.4 is 0 Å². The van der Waals surface area contributed by atoms with Crippen molar-refractivity contribution in [3.63, 3.8) is 0 Å². The number of alkyl halides is 3. The number of nitrogens with zero attached hydrogens (tertiary/aromatic N) is 4. The summed E-state index contributed by atoms with van der Waals surface area (Å²) in [4.78, 5) is 10.5. The highest BCUT2D eigenvalue weighted by atomic mass is 19.4. The van der Waals surface area contributed by atoms with Crippen LogP contribution in [0.25, 0.3) is 11.4 Å². The number of hydrogen-bond donors (Lipinski definition) is 0. The second kappa shape index (κ2) is 5.54. The van der Waals surface area contributed by atoms with Crippen LogP contribution in [0.2, 0.25) is 0 Å². The van der Waals surface area contributed by atoms with Gasteiger partial charge in [0.25, 0.3) is 0 Å². The highest BCUT2D eigenvalue weighted by molar-refractivity contribution is 5.59. The Morgan fingerprint density at radius 3 is 2.62 bits per heavy atom. The molecule has 0 amide bonds. The van der Waals surface area contributed by atoms with Crippen LogP contribution in [0.4, 0.5) is 13.2 Å². The van der Waals surface area contributed by atoms with E-state index in [0.29, 0.717) is 5.89 Å². The quantitative estimate of drug-likeness (QED) is 0.841. The van der Waals surface area contributed by atoms with Crippen LogP contribution in [0, 0.1) is 0 Å². The molecule has 2 bridgehead atoms. The maximum atomic E-state index is 13.2. The number of piperidine rings is 2. The molecular formula is C16H17F3N4O. The molecule has 8 heteroatoms. The third kappa shape index (κ3) is 2.58. The van der Waals surface area contributed by atoms with Gasteiger partial charge >= 0.3 is 6.18 Å². The van der Waals surface area contributed by atoms with Crippen molar-refractivity contribution in [1.82, 2.24) is 20.0 Å². The Morgan fingerprint density at radius 2 is 1.92 bits per heavy atom. The van der Waals surface area contributed by atoms with Crippen LogP contribution in [0.1, 0.15) is 37.1 Å². The molecule has 2 fully saturated rings. The maximum absolute atomic E-state index is 13.2. The van der Waals surface area contributed by atoms with Crippen LogP contribution in [-0.4, -0.2) is 39.7 Å². The first-order valence-corrected chi connectivity index (χ1v) is 8.06. The summed E-state index contributed by atoms with van der Waals surface area (Å²) in [6, 6.07) is 0.937. The van der Waals surface area contributed by atoms with E-state index in [9.17, 15) is 13.2 Å². The fourth-order valence-electron chi connectivity index (χ4n) is 3.91. The van der Waals surface area contributed by atoms with Gasteiger partial charge in [-0.3, -0.25) is 4.98 Å².